The van der Waals surface area contributed by atoms with Crippen molar-refractivity contribution in [3.8, 4) is 0 Å². The Kier molecular flexibility index (Phi) is 6.98. The molecule has 4 nitrogen and oxygen atoms in total. The quantitative estimate of drug-likeness (QED) is 0.353. The first kappa shape index (κ1) is 26.6. The van der Waals surface area contributed by atoms with Gasteiger partial charge in [-0.15, -0.1) is 0 Å². The number of alkyl halides is 5. The largest absolute Gasteiger partial charge is 0.458 e. The molecule has 0 amide bonds. The molecule has 0 aromatic heterocycles. The number of hydrogen-bond donors (Lipinski definition) is 1. The van der Waals surface area contributed by atoms with Gasteiger partial charge < -0.3 is 4.90 Å². The summed E-state index contributed by atoms with van der Waals surface area (Å²) in [4.78, 5) is 1.96. The van der Waals surface area contributed by atoms with Crippen LogP contribution in [0.5, 0.6) is 0 Å². The molecule has 1 aliphatic carbocycles. The van der Waals surface area contributed by atoms with Crippen molar-refractivity contribution in [3.05, 3.63) is 89.5 Å². The Labute approximate surface area is 218 Å². The molecule has 0 radical (unpaired) electrons. The SMILES string of the molecule is O=S(=O)(N[C@H]1CCC[C@@H](N2c3ccccc3CCc3ccccc32)C1)c1ccc(C(F)(F)C(F)(F)F)cc1. The lowest BCUT2D eigenvalue weighted by Gasteiger charge is -2.40. The number of nitrogens with one attached hydrogen (secondary N) is 1. The maximum Gasteiger partial charge on any atom is 0.458 e. The summed E-state index contributed by atoms with van der Waals surface area (Å²) in [7, 11) is -4.13. The molecule has 2 atom stereocenters. The lowest BCUT2D eigenvalue weighted by Crippen LogP contribution is -2.44. The molecule has 1 fully saturated rings. The zero-order chi connectivity index (χ0) is 27.1. The highest BCUT2D eigenvalue weighted by Gasteiger charge is 2.58. The molecule has 0 saturated heterocycles. The topological polar surface area (TPSA) is 49.4 Å². The first-order valence-electron chi connectivity index (χ1n) is 12.5. The molecular weight excluding hydrogens is 523 g/mol. The van der Waals surface area contributed by atoms with Crippen LogP contribution < -0.4 is 9.62 Å². The number of para-hydroxylation sites is 2. The van der Waals surface area contributed by atoms with Crippen LogP contribution in [0.2, 0.25) is 0 Å². The predicted molar refractivity (Wildman–Crippen MR) is 135 cm³/mol. The molecule has 1 N–H and O–H groups in total. The van der Waals surface area contributed by atoms with Gasteiger partial charge in [-0.05, 0) is 73.9 Å². The monoisotopic (exact) mass is 550 g/mol. The van der Waals surface area contributed by atoms with Crippen LogP contribution in [0.1, 0.15) is 42.4 Å². The van der Waals surface area contributed by atoms with Gasteiger partial charge in [-0.1, -0.05) is 48.5 Å². The van der Waals surface area contributed by atoms with E-state index < -0.39 is 33.7 Å². The summed E-state index contributed by atoms with van der Waals surface area (Å²) in [5.74, 6) is -5.07. The number of benzene rings is 3. The average molecular weight is 551 g/mol. The maximum atomic E-state index is 13.6. The minimum absolute atomic E-state index is 0.0182. The zero-order valence-electron chi connectivity index (χ0n) is 20.4. The van der Waals surface area contributed by atoms with Gasteiger partial charge in [-0.2, -0.15) is 22.0 Å². The molecule has 1 aliphatic heterocycles. The summed E-state index contributed by atoms with van der Waals surface area (Å²) in [6, 6.07) is 18.6. The van der Waals surface area contributed by atoms with Gasteiger partial charge >= 0.3 is 12.1 Å². The van der Waals surface area contributed by atoms with Crippen molar-refractivity contribution in [1.29, 1.82) is 0 Å². The van der Waals surface area contributed by atoms with E-state index in [1.807, 2.05) is 24.3 Å². The smallest absolute Gasteiger partial charge is 0.338 e. The normalized spacial score (nSPS) is 20.4. The van der Waals surface area contributed by atoms with E-state index in [1.54, 1.807) is 0 Å². The molecule has 0 spiro atoms. The van der Waals surface area contributed by atoms with E-state index in [2.05, 4.69) is 33.9 Å². The Morgan fingerprint density at radius 3 is 1.87 bits per heavy atom. The average Bonchev–Trinajstić information content (AvgIpc) is 3.05. The molecule has 0 bridgehead atoms. The summed E-state index contributed by atoms with van der Waals surface area (Å²) >= 11 is 0. The fourth-order valence-electron chi connectivity index (χ4n) is 5.51. The number of sulfonamides is 1. The van der Waals surface area contributed by atoms with Gasteiger partial charge in [0.05, 0.1) is 4.90 Å². The van der Waals surface area contributed by atoms with Crippen molar-refractivity contribution in [2.45, 2.75) is 67.6 Å². The second-order valence-corrected chi connectivity index (χ2v) is 11.6. The Morgan fingerprint density at radius 2 is 1.32 bits per heavy atom. The van der Waals surface area contributed by atoms with Gasteiger partial charge in [0.2, 0.25) is 10.0 Å². The lowest BCUT2D eigenvalue weighted by molar-refractivity contribution is -0.289. The fraction of sp³-hybridized carbons (Fsp3) is 0.357. The molecule has 3 aromatic carbocycles. The van der Waals surface area contributed by atoms with Gasteiger partial charge in [-0.3, -0.25) is 0 Å². The van der Waals surface area contributed by atoms with Crippen LogP contribution in [0, 0.1) is 0 Å². The van der Waals surface area contributed by atoms with E-state index in [1.165, 1.54) is 11.1 Å². The van der Waals surface area contributed by atoms with E-state index in [-0.39, 0.29) is 10.9 Å². The van der Waals surface area contributed by atoms with Gasteiger partial charge in [0.25, 0.3) is 0 Å². The van der Waals surface area contributed by atoms with E-state index in [0.717, 1.165) is 49.2 Å². The molecule has 5 rings (SSSR count). The van der Waals surface area contributed by atoms with Gasteiger partial charge in [0.15, 0.2) is 0 Å². The molecule has 2 aliphatic rings. The fourth-order valence-corrected chi connectivity index (χ4v) is 6.79. The summed E-state index contributed by atoms with van der Waals surface area (Å²) in [5, 5.41) is 0. The minimum Gasteiger partial charge on any atom is -0.338 e. The summed E-state index contributed by atoms with van der Waals surface area (Å²) in [5.41, 5.74) is 3.35. The van der Waals surface area contributed by atoms with Crippen LogP contribution in [0.25, 0.3) is 0 Å². The van der Waals surface area contributed by atoms with E-state index in [4.69, 9.17) is 0 Å². The third-order valence-electron chi connectivity index (χ3n) is 7.38. The highest BCUT2D eigenvalue weighted by molar-refractivity contribution is 7.89. The first-order chi connectivity index (χ1) is 18.0. The minimum atomic E-state index is -5.77. The van der Waals surface area contributed by atoms with Crippen LogP contribution in [0.4, 0.5) is 33.3 Å². The summed E-state index contributed by atoms with van der Waals surface area (Å²) in [6.07, 6.45) is -1.22. The number of nitrogens with zero attached hydrogens (tertiary/aromatic N) is 1. The third-order valence-corrected chi connectivity index (χ3v) is 8.92. The van der Waals surface area contributed by atoms with Gasteiger partial charge in [0.1, 0.15) is 0 Å². The zero-order valence-corrected chi connectivity index (χ0v) is 21.2. The van der Waals surface area contributed by atoms with Crippen molar-refractivity contribution in [2.24, 2.45) is 0 Å². The molecule has 1 saturated carbocycles. The Balaban J connectivity index is 1.38. The number of hydrogen-bond acceptors (Lipinski definition) is 3. The second-order valence-electron chi connectivity index (χ2n) is 9.86. The number of fused-ring (bicyclic) bond motifs is 2. The van der Waals surface area contributed by atoms with Crippen LogP contribution in [-0.2, 0) is 28.8 Å². The molecule has 202 valence electrons. The number of anilines is 2. The molecule has 1 heterocycles. The van der Waals surface area contributed by atoms with E-state index in [0.29, 0.717) is 25.0 Å². The second kappa shape index (κ2) is 9.96. The summed E-state index contributed by atoms with van der Waals surface area (Å²) < 4.78 is 94.1. The van der Waals surface area contributed by atoms with Gasteiger partial charge in [0, 0.05) is 29.0 Å². The molecule has 38 heavy (non-hydrogen) atoms. The number of halogens is 5. The van der Waals surface area contributed by atoms with Gasteiger partial charge in [-0.25, -0.2) is 13.1 Å². The van der Waals surface area contributed by atoms with E-state index in [9.17, 15) is 30.4 Å². The van der Waals surface area contributed by atoms with Crippen LogP contribution in [0.15, 0.2) is 77.7 Å². The summed E-state index contributed by atoms with van der Waals surface area (Å²) in [6.45, 7) is 0. The standard InChI is InChI=1S/C28H27F5N2O2S/c29-27(30,28(31,32)33)21-14-16-24(17-15-21)38(36,37)34-22-8-5-9-23(18-22)35-25-10-3-1-6-19(25)12-13-20-7-2-4-11-26(20)35/h1-4,6-7,10-11,14-17,22-23,34H,5,8-9,12-13,18H2/t22-,23+/m0/s1. The molecule has 3 aromatic rings. The number of rotatable bonds is 5. The Hall–Kier alpha value is -2.98. The predicted octanol–water partition coefficient (Wildman–Crippen LogP) is 6.87. The molecular formula is C28H27F5N2O2S. The highest BCUT2D eigenvalue weighted by atomic mass is 32.2. The van der Waals surface area contributed by atoms with Crippen molar-refractivity contribution in [1.82, 2.24) is 4.72 Å². The Morgan fingerprint density at radius 1 is 0.763 bits per heavy atom. The molecule has 0 unspecified atom stereocenters. The lowest BCUT2D eigenvalue weighted by atomic mass is 9.89. The van der Waals surface area contributed by atoms with Crippen molar-refractivity contribution in [2.75, 3.05) is 4.90 Å². The van der Waals surface area contributed by atoms with Crippen LogP contribution in [-0.4, -0.2) is 26.7 Å². The Bertz CT molecular complexity index is 1360. The van der Waals surface area contributed by atoms with Crippen molar-refractivity contribution in [3.63, 3.8) is 0 Å². The highest BCUT2D eigenvalue weighted by Crippen LogP contribution is 2.44. The van der Waals surface area contributed by atoms with Crippen LogP contribution in [0.3, 0.4) is 0 Å². The third kappa shape index (κ3) is 5.03. The number of aryl methyl sites for hydroxylation is 2. The van der Waals surface area contributed by atoms with Crippen molar-refractivity contribution >= 4 is 21.4 Å². The van der Waals surface area contributed by atoms with Crippen LogP contribution >= 0.6 is 0 Å². The maximum absolute atomic E-state index is 13.6. The first-order valence-corrected chi connectivity index (χ1v) is 14.0. The van der Waals surface area contributed by atoms with E-state index >= 15 is 0 Å². The van der Waals surface area contributed by atoms with Crippen molar-refractivity contribution < 1.29 is 30.4 Å². The molecule has 10 heteroatoms.